The molecule has 0 saturated carbocycles. The zero-order chi connectivity index (χ0) is 15.2. The number of rotatable bonds is 5. The summed E-state index contributed by atoms with van der Waals surface area (Å²) in [6, 6.07) is 7.45. The molecule has 1 amide bonds. The van der Waals surface area contributed by atoms with Gasteiger partial charge < -0.3 is 10.0 Å². The molecule has 1 saturated heterocycles. The minimum atomic E-state index is -0.782. The number of carboxylic acid groups (broad SMARTS) is 1. The highest BCUT2D eigenvalue weighted by Crippen LogP contribution is 2.24. The van der Waals surface area contributed by atoms with E-state index in [-0.39, 0.29) is 18.2 Å². The van der Waals surface area contributed by atoms with Gasteiger partial charge in [-0.15, -0.1) is 0 Å². The Morgan fingerprint density at radius 3 is 2.29 bits per heavy atom. The fourth-order valence-corrected chi connectivity index (χ4v) is 2.89. The highest BCUT2D eigenvalue weighted by atomic mass is 16.4. The lowest BCUT2D eigenvalue weighted by Crippen LogP contribution is -2.35. The molecule has 1 aliphatic rings. The smallest absolute Gasteiger partial charge is 0.303 e. The molecule has 1 aromatic rings. The van der Waals surface area contributed by atoms with Crippen LogP contribution in [0.1, 0.15) is 60.9 Å². The lowest BCUT2D eigenvalue weighted by atomic mass is 9.92. The summed E-state index contributed by atoms with van der Waals surface area (Å²) in [5.41, 5.74) is 1.70. The summed E-state index contributed by atoms with van der Waals surface area (Å²) in [5, 5.41) is 8.93. The first-order valence-electron chi connectivity index (χ1n) is 7.73. The number of benzene rings is 1. The van der Waals surface area contributed by atoms with Crippen molar-refractivity contribution in [3.05, 3.63) is 35.4 Å². The van der Waals surface area contributed by atoms with Crippen molar-refractivity contribution in [1.29, 1.82) is 0 Å². The number of aliphatic carboxylic acids is 1. The van der Waals surface area contributed by atoms with E-state index in [0.29, 0.717) is 5.56 Å². The molecule has 0 aromatic heterocycles. The number of hydrogen-bond donors (Lipinski definition) is 1. The average Bonchev–Trinajstić information content (AvgIpc) is 2.53. The van der Waals surface area contributed by atoms with Gasteiger partial charge in [-0.05, 0) is 49.3 Å². The third-order valence-corrected chi connectivity index (χ3v) is 4.19. The molecule has 1 atom stereocenters. The van der Waals surface area contributed by atoms with Crippen LogP contribution >= 0.6 is 0 Å². The van der Waals surface area contributed by atoms with Gasteiger partial charge in [0.1, 0.15) is 0 Å². The SMILES string of the molecule is CCC(CC(=O)O)c1ccc(C(=O)N2CCCCC2)cc1. The van der Waals surface area contributed by atoms with Crippen LogP contribution in [0.25, 0.3) is 0 Å². The van der Waals surface area contributed by atoms with Crippen molar-refractivity contribution >= 4 is 11.9 Å². The lowest BCUT2D eigenvalue weighted by Gasteiger charge is -2.26. The van der Waals surface area contributed by atoms with Gasteiger partial charge >= 0.3 is 5.97 Å². The fourth-order valence-electron chi connectivity index (χ4n) is 2.89. The zero-order valence-electron chi connectivity index (χ0n) is 12.5. The van der Waals surface area contributed by atoms with E-state index in [2.05, 4.69) is 0 Å². The van der Waals surface area contributed by atoms with Crippen LogP contribution in [0.4, 0.5) is 0 Å². The van der Waals surface area contributed by atoms with E-state index in [1.54, 1.807) is 0 Å². The first kappa shape index (κ1) is 15.5. The molecule has 0 spiro atoms. The molecule has 0 bridgehead atoms. The molecule has 1 aliphatic heterocycles. The Kier molecular flexibility index (Phi) is 5.37. The summed E-state index contributed by atoms with van der Waals surface area (Å²) in [6.07, 6.45) is 4.29. The molecular formula is C17H23NO3. The van der Waals surface area contributed by atoms with Crippen LogP contribution in [-0.4, -0.2) is 35.0 Å². The number of nitrogens with zero attached hydrogens (tertiary/aromatic N) is 1. The van der Waals surface area contributed by atoms with E-state index in [0.717, 1.165) is 37.9 Å². The normalized spacial score (nSPS) is 16.5. The van der Waals surface area contributed by atoms with Gasteiger partial charge in [0.2, 0.25) is 0 Å². The maximum atomic E-state index is 12.4. The number of likely N-dealkylation sites (tertiary alicyclic amines) is 1. The molecule has 1 heterocycles. The minimum absolute atomic E-state index is 0.0154. The number of carboxylic acids is 1. The van der Waals surface area contributed by atoms with Gasteiger partial charge in [-0.2, -0.15) is 0 Å². The van der Waals surface area contributed by atoms with E-state index < -0.39 is 5.97 Å². The van der Waals surface area contributed by atoms with Crippen LogP contribution in [0.2, 0.25) is 0 Å². The van der Waals surface area contributed by atoms with Crippen molar-refractivity contribution in [3.8, 4) is 0 Å². The third-order valence-electron chi connectivity index (χ3n) is 4.19. The summed E-state index contributed by atoms with van der Waals surface area (Å²) in [5.74, 6) is -0.676. The second-order valence-corrected chi connectivity index (χ2v) is 5.68. The van der Waals surface area contributed by atoms with Crippen molar-refractivity contribution < 1.29 is 14.7 Å². The van der Waals surface area contributed by atoms with Gasteiger partial charge in [-0.3, -0.25) is 9.59 Å². The van der Waals surface area contributed by atoms with Crippen molar-refractivity contribution in [2.24, 2.45) is 0 Å². The first-order valence-corrected chi connectivity index (χ1v) is 7.73. The zero-order valence-corrected chi connectivity index (χ0v) is 12.5. The second kappa shape index (κ2) is 7.25. The molecule has 0 radical (unpaired) electrons. The molecular weight excluding hydrogens is 266 g/mol. The maximum Gasteiger partial charge on any atom is 0.303 e. The molecule has 1 aromatic carbocycles. The quantitative estimate of drug-likeness (QED) is 0.905. The Hall–Kier alpha value is -1.84. The molecule has 1 N–H and O–H groups in total. The van der Waals surface area contributed by atoms with Crippen molar-refractivity contribution in [1.82, 2.24) is 4.90 Å². The standard InChI is InChI=1S/C17H23NO3/c1-2-13(12-16(19)20)14-6-8-15(9-7-14)17(21)18-10-4-3-5-11-18/h6-9,13H,2-5,10-12H2,1H3,(H,19,20). The van der Waals surface area contributed by atoms with Crippen LogP contribution in [0.5, 0.6) is 0 Å². The van der Waals surface area contributed by atoms with E-state index >= 15 is 0 Å². The first-order chi connectivity index (χ1) is 10.1. The molecule has 4 heteroatoms. The predicted molar refractivity (Wildman–Crippen MR) is 81.5 cm³/mol. The highest BCUT2D eigenvalue weighted by Gasteiger charge is 2.19. The van der Waals surface area contributed by atoms with Crippen molar-refractivity contribution in [3.63, 3.8) is 0 Å². The van der Waals surface area contributed by atoms with E-state index in [4.69, 9.17) is 5.11 Å². The van der Waals surface area contributed by atoms with Crippen LogP contribution in [0.3, 0.4) is 0 Å². The van der Waals surface area contributed by atoms with Gasteiger partial charge in [0, 0.05) is 18.7 Å². The van der Waals surface area contributed by atoms with Gasteiger partial charge in [0.25, 0.3) is 5.91 Å². The predicted octanol–water partition coefficient (Wildman–Crippen LogP) is 3.28. The monoisotopic (exact) mass is 289 g/mol. The number of carbonyl (C=O) groups is 2. The molecule has 0 aliphatic carbocycles. The molecule has 114 valence electrons. The number of piperidine rings is 1. The number of hydrogen-bond acceptors (Lipinski definition) is 2. The van der Waals surface area contributed by atoms with Gasteiger partial charge in [-0.25, -0.2) is 0 Å². The van der Waals surface area contributed by atoms with Crippen LogP contribution < -0.4 is 0 Å². The molecule has 21 heavy (non-hydrogen) atoms. The molecule has 1 unspecified atom stereocenters. The fraction of sp³-hybridized carbons (Fsp3) is 0.529. The van der Waals surface area contributed by atoms with Gasteiger partial charge in [0.05, 0.1) is 6.42 Å². The topological polar surface area (TPSA) is 57.6 Å². The maximum absolute atomic E-state index is 12.4. The minimum Gasteiger partial charge on any atom is -0.481 e. The van der Waals surface area contributed by atoms with Gasteiger partial charge in [-0.1, -0.05) is 19.1 Å². The van der Waals surface area contributed by atoms with Gasteiger partial charge in [0.15, 0.2) is 0 Å². The Bertz CT molecular complexity index is 489. The Balaban J connectivity index is 2.06. The Labute approximate surface area is 125 Å². The Morgan fingerprint density at radius 1 is 1.14 bits per heavy atom. The van der Waals surface area contributed by atoms with E-state index in [9.17, 15) is 9.59 Å². The molecule has 1 fully saturated rings. The van der Waals surface area contributed by atoms with Crippen LogP contribution in [0, 0.1) is 0 Å². The summed E-state index contributed by atoms with van der Waals surface area (Å²) >= 11 is 0. The van der Waals surface area contributed by atoms with Crippen LogP contribution in [-0.2, 0) is 4.79 Å². The summed E-state index contributed by atoms with van der Waals surface area (Å²) in [7, 11) is 0. The summed E-state index contributed by atoms with van der Waals surface area (Å²) in [4.78, 5) is 25.1. The summed E-state index contributed by atoms with van der Waals surface area (Å²) in [6.45, 7) is 3.68. The Morgan fingerprint density at radius 2 is 1.76 bits per heavy atom. The largest absolute Gasteiger partial charge is 0.481 e. The average molecular weight is 289 g/mol. The summed E-state index contributed by atoms with van der Waals surface area (Å²) < 4.78 is 0. The van der Waals surface area contributed by atoms with Crippen molar-refractivity contribution in [2.75, 3.05) is 13.1 Å². The highest BCUT2D eigenvalue weighted by molar-refractivity contribution is 5.94. The van der Waals surface area contributed by atoms with Crippen LogP contribution in [0.15, 0.2) is 24.3 Å². The lowest BCUT2D eigenvalue weighted by molar-refractivity contribution is -0.137. The molecule has 4 nitrogen and oxygen atoms in total. The van der Waals surface area contributed by atoms with E-state index in [1.807, 2.05) is 36.1 Å². The molecule has 2 rings (SSSR count). The second-order valence-electron chi connectivity index (χ2n) is 5.68. The third kappa shape index (κ3) is 4.06. The number of carbonyl (C=O) groups excluding carboxylic acids is 1. The van der Waals surface area contributed by atoms with E-state index in [1.165, 1.54) is 6.42 Å². The number of amides is 1. The van der Waals surface area contributed by atoms with Crippen molar-refractivity contribution in [2.45, 2.75) is 44.9 Å².